The third kappa shape index (κ3) is 17.2. The second-order valence-corrected chi connectivity index (χ2v) is 16.0. The zero-order valence-corrected chi connectivity index (χ0v) is 37.7. The molecule has 376 valence electrons. The van der Waals surface area contributed by atoms with Crippen LogP contribution in [0.15, 0.2) is 58.5 Å². The van der Waals surface area contributed by atoms with Gasteiger partial charge in [-0.05, 0) is 100 Å². The van der Waals surface area contributed by atoms with Crippen molar-refractivity contribution in [2.24, 2.45) is 27.2 Å². The van der Waals surface area contributed by atoms with E-state index in [1.54, 1.807) is 0 Å². The minimum atomic E-state index is -4.89. The van der Waals surface area contributed by atoms with E-state index in [4.69, 9.17) is 26.7 Å². The van der Waals surface area contributed by atoms with Crippen molar-refractivity contribution in [1.29, 1.82) is 0 Å². The summed E-state index contributed by atoms with van der Waals surface area (Å²) in [7, 11) is 0. The lowest BCUT2D eigenvalue weighted by molar-refractivity contribution is -0.138. The highest BCUT2D eigenvalue weighted by molar-refractivity contribution is 6.04. The van der Waals surface area contributed by atoms with Crippen LogP contribution < -0.4 is 69.2 Å². The number of anilines is 6. The summed E-state index contributed by atoms with van der Waals surface area (Å²) in [6.07, 6.45) is -7.72. The summed E-state index contributed by atoms with van der Waals surface area (Å²) in [4.78, 5) is 60.6. The molecule has 0 radical (unpaired) electrons. The first kappa shape index (κ1) is 52.9. The summed E-state index contributed by atoms with van der Waals surface area (Å²) in [6.45, 7) is 4.31. The van der Waals surface area contributed by atoms with Gasteiger partial charge in [0.2, 0.25) is 11.8 Å². The Morgan fingerprint density at radius 3 is 1.35 bits per heavy atom. The average Bonchev–Trinajstić information content (AvgIpc) is 4.00. The fraction of sp³-hybridized carbons (Fsp3) is 0.455. The summed E-state index contributed by atoms with van der Waals surface area (Å²) < 4.78 is 97.4. The number of alkyl halides is 6. The van der Waals surface area contributed by atoms with Crippen molar-refractivity contribution in [3.05, 3.63) is 59.7 Å². The number of hydrogen-bond donors (Lipinski definition) is 11. The Labute approximate surface area is 393 Å². The van der Waals surface area contributed by atoms with Gasteiger partial charge in [0, 0.05) is 56.8 Å². The molecule has 2 unspecified atom stereocenters. The van der Waals surface area contributed by atoms with Crippen molar-refractivity contribution in [2.75, 3.05) is 71.2 Å². The van der Waals surface area contributed by atoms with Crippen LogP contribution in [0.4, 0.5) is 70.1 Å². The molecule has 14 N–H and O–H groups in total. The van der Waals surface area contributed by atoms with Gasteiger partial charge in [0.25, 0.3) is 0 Å². The number of nitrogens with two attached hydrogens (primary N) is 3. The summed E-state index contributed by atoms with van der Waals surface area (Å²) in [5, 5.41) is 21.0. The molecule has 2 saturated heterocycles. The van der Waals surface area contributed by atoms with Crippen molar-refractivity contribution in [3.63, 3.8) is 0 Å². The molecule has 6 amide bonds. The molecule has 0 aromatic heterocycles. The molecule has 3 aromatic rings. The van der Waals surface area contributed by atoms with Crippen LogP contribution in [0, 0.1) is 0 Å². The number of amidine groups is 1. The first-order valence-corrected chi connectivity index (χ1v) is 22.2. The summed E-state index contributed by atoms with van der Waals surface area (Å²) in [6, 6.07) is 6.20. The predicted molar refractivity (Wildman–Crippen MR) is 251 cm³/mol. The Kier molecular flexibility index (Phi) is 19.1. The first-order valence-electron chi connectivity index (χ1n) is 22.2. The van der Waals surface area contributed by atoms with Crippen LogP contribution in [-0.2, 0) is 21.9 Å². The number of ether oxygens (including phenoxy) is 2. The molecule has 2 aliphatic heterocycles. The zero-order valence-electron chi connectivity index (χ0n) is 37.7. The zero-order chi connectivity index (χ0) is 50.1. The number of carbonyl (C=O) groups excluding carboxylic acids is 4. The quantitative estimate of drug-likeness (QED) is 0.0230. The maximum absolute atomic E-state index is 14.2. The second-order valence-electron chi connectivity index (χ2n) is 16.0. The molecule has 2 atom stereocenters. The summed E-state index contributed by atoms with van der Waals surface area (Å²) in [5.41, 5.74) is 12.8. The van der Waals surface area contributed by atoms with E-state index in [-0.39, 0.29) is 65.3 Å². The highest BCUT2D eigenvalue weighted by Crippen LogP contribution is 2.43. The van der Waals surface area contributed by atoms with E-state index < -0.39 is 65.3 Å². The van der Waals surface area contributed by atoms with Gasteiger partial charge in [0.1, 0.15) is 12.2 Å². The van der Waals surface area contributed by atoms with E-state index in [2.05, 4.69) is 52.5 Å². The lowest BCUT2D eigenvalue weighted by Gasteiger charge is -2.22. The Bertz CT molecular complexity index is 2310. The van der Waals surface area contributed by atoms with E-state index in [9.17, 15) is 45.5 Å². The topological polar surface area (TPSA) is 286 Å². The Balaban J connectivity index is 1.30. The van der Waals surface area contributed by atoms with Gasteiger partial charge in [-0.1, -0.05) is 6.92 Å². The third-order valence-electron chi connectivity index (χ3n) is 10.5. The van der Waals surface area contributed by atoms with Crippen LogP contribution in [0.1, 0.15) is 75.8 Å². The van der Waals surface area contributed by atoms with Gasteiger partial charge in [-0.25, -0.2) is 9.59 Å². The van der Waals surface area contributed by atoms with Gasteiger partial charge in [0.15, 0.2) is 17.5 Å². The van der Waals surface area contributed by atoms with E-state index in [0.29, 0.717) is 95.6 Å². The van der Waals surface area contributed by atoms with Gasteiger partial charge in [-0.15, -0.1) is 0 Å². The highest BCUT2D eigenvalue weighted by atomic mass is 19.4. The number of nitrogens with zero attached hydrogens (tertiary/aromatic N) is 2. The first-order chi connectivity index (χ1) is 32.8. The minimum absolute atomic E-state index is 0.0390. The summed E-state index contributed by atoms with van der Waals surface area (Å²) in [5.74, 6) is -1.25. The molecule has 25 heteroatoms. The molecule has 0 saturated carbocycles. The number of urea groups is 2. The number of carbonyl (C=O) groups is 4. The van der Waals surface area contributed by atoms with Crippen molar-refractivity contribution < 1.29 is 55.0 Å². The molecule has 2 heterocycles. The number of halogens is 6. The Hall–Kier alpha value is -7.02. The van der Waals surface area contributed by atoms with Crippen molar-refractivity contribution in [1.82, 2.24) is 10.6 Å². The maximum atomic E-state index is 14.2. The number of guanidine groups is 1. The Morgan fingerprint density at radius 2 is 1.00 bits per heavy atom. The molecular weight excluding hydrogens is 921 g/mol. The number of benzene rings is 3. The Morgan fingerprint density at radius 1 is 0.609 bits per heavy atom. The highest BCUT2D eigenvalue weighted by Gasteiger charge is 2.35. The number of nitrogens with one attached hydrogen (secondary N) is 8. The maximum Gasteiger partial charge on any atom is 0.416 e. The molecule has 0 aliphatic carbocycles. The number of amides is 6. The van der Waals surface area contributed by atoms with E-state index in [0.717, 1.165) is 12.1 Å². The lowest BCUT2D eigenvalue weighted by Crippen LogP contribution is -2.25. The van der Waals surface area contributed by atoms with Crippen LogP contribution >= 0.6 is 0 Å². The third-order valence-corrected chi connectivity index (χ3v) is 10.5. The van der Waals surface area contributed by atoms with Crippen molar-refractivity contribution in [2.45, 2.75) is 89.3 Å². The lowest BCUT2D eigenvalue weighted by atomic mass is 10.1. The van der Waals surface area contributed by atoms with Crippen LogP contribution in [-0.4, -0.2) is 87.1 Å². The van der Waals surface area contributed by atoms with Gasteiger partial charge in [-0.2, -0.15) is 26.3 Å². The molecule has 69 heavy (non-hydrogen) atoms. The van der Waals surface area contributed by atoms with E-state index in [1.807, 2.05) is 6.92 Å². The SMILES string of the molecule is CCC(N)=NCCCCC(=O)Nc1cc(C(F)(F)F)cc(NC(=O)Nc2ccc(NC(=O)Nc3cc(C(F)(F)F)cc(NC(=O)CCCCN=C(N)N)c3OC3CCNC3)cc2)c1OC1CCNC1. The summed E-state index contributed by atoms with van der Waals surface area (Å²) >= 11 is 0. The smallest absolute Gasteiger partial charge is 0.416 e. The molecule has 2 aliphatic rings. The van der Waals surface area contributed by atoms with Crippen molar-refractivity contribution in [3.8, 4) is 11.5 Å². The molecule has 5 rings (SSSR count). The second kappa shape index (κ2) is 24.8. The van der Waals surface area contributed by atoms with Gasteiger partial charge >= 0.3 is 24.4 Å². The van der Waals surface area contributed by atoms with Crippen LogP contribution in [0.25, 0.3) is 0 Å². The van der Waals surface area contributed by atoms with E-state index >= 15 is 0 Å². The number of aliphatic imine (C=N–C) groups is 2. The molecule has 19 nitrogen and oxygen atoms in total. The molecule has 2 fully saturated rings. The van der Waals surface area contributed by atoms with Crippen LogP contribution in [0.2, 0.25) is 0 Å². The average molecular weight is 978 g/mol. The number of rotatable bonds is 21. The van der Waals surface area contributed by atoms with Gasteiger partial charge < -0.3 is 69.2 Å². The van der Waals surface area contributed by atoms with Gasteiger partial charge in [-0.3, -0.25) is 19.6 Å². The fourth-order valence-corrected chi connectivity index (χ4v) is 6.97. The number of hydrogen-bond acceptors (Lipinski definition) is 10. The van der Waals surface area contributed by atoms with E-state index in [1.165, 1.54) is 24.3 Å². The minimum Gasteiger partial charge on any atom is -0.485 e. The largest absolute Gasteiger partial charge is 0.485 e. The molecular formula is C44H57F6N13O6. The standard InChI is InChI=1S/C44H57F6N13O6/c1-2-35(51)56-15-5-3-7-36(64)60-31-19-25(43(45,46)47)21-33(38(31)68-29-13-17-54-23-29)62-41(66)58-27-9-11-28(12-10-27)59-42(67)63-34-22-26(44(48,49)50)20-32(39(34)69-30-14-18-55-24-30)61-37(65)8-4-6-16-57-40(52)53/h9-12,19-22,29-30,54-55H,2-8,13-18,23-24H2,1H3,(H2,51,56)(H,60,64)(H,61,65)(H4,52,53,57)(H2,58,62,66)(H2,59,63,67). The van der Waals surface area contributed by atoms with Crippen LogP contribution in [0.3, 0.4) is 0 Å². The number of unbranched alkanes of at least 4 members (excludes halogenated alkanes) is 2. The molecule has 0 spiro atoms. The predicted octanol–water partition coefficient (Wildman–Crippen LogP) is 6.75. The van der Waals surface area contributed by atoms with Crippen molar-refractivity contribution >= 4 is 69.8 Å². The molecule has 3 aromatic carbocycles. The van der Waals surface area contributed by atoms with Crippen LogP contribution in [0.5, 0.6) is 11.5 Å². The van der Waals surface area contributed by atoms with Gasteiger partial charge in [0.05, 0.1) is 39.7 Å². The monoisotopic (exact) mass is 977 g/mol. The normalized spacial score (nSPS) is 16.0. The fourth-order valence-electron chi connectivity index (χ4n) is 6.97. The molecule has 0 bridgehead atoms.